The maximum absolute atomic E-state index is 12.8. The Morgan fingerprint density at radius 2 is 2.04 bits per heavy atom. The lowest BCUT2D eigenvalue weighted by molar-refractivity contribution is -0.385. The average molecular weight is 342 g/mol. The number of carboxylic acid groups (broad SMARTS) is 1. The van der Waals surface area contributed by atoms with Crippen LogP contribution in [0.1, 0.15) is 18.9 Å². The lowest BCUT2D eigenvalue weighted by Gasteiger charge is -2.34. The van der Waals surface area contributed by atoms with Crippen molar-refractivity contribution in [3.8, 4) is 0 Å². The van der Waals surface area contributed by atoms with E-state index in [4.69, 9.17) is 0 Å². The highest BCUT2D eigenvalue weighted by Gasteiger charge is 2.37. The Morgan fingerprint density at radius 1 is 1.39 bits per heavy atom. The molecule has 1 N–H and O–H groups in total. The maximum atomic E-state index is 12.8. The van der Waals surface area contributed by atoms with Crippen molar-refractivity contribution >= 4 is 21.7 Å². The molecule has 1 heterocycles. The number of carboxylic acids is 1. The van der Waals surface area contributed by atoms with Gasteiger partial charge in [-0.05, 0) is 24.8 Å². The zero-order valence-corrected chi connectivity index (χ0v) is 13.6. The van der Waals surface area contributed by atoms with Crippen molar-refractivity contribution in [2.75, 3.05) is 13.1 Å². The number of nitro benzene ring substituents is 1. The fraction of sp³-hybridized carbons (Fsp3) is 0.500. The number of hydrogen-bond donors (Lipinski definition) is 1. The number of hydrogen-bond acceptors (Lipinski definition) is 5. The summed E-state index contributed by atoms with van der Waals surface area (Å²) < 4.78 is 26.7. The first kappa shape index (κ1) is 17.4. The van der Waals surface area contributed by atoms with Crippen LogP contribution >= 0.6 is 0 Å². The Hall–Kier alpha value is -2.00. The van der Waals surface area contributed by atoms with Gasteiger partial charge in [-0.3, -0.25) is 14.9 Å². The van der Waals surface area contributed by atoms with Crippen LogP contribution in [0.2, 0.25) is 0 Å². The van der Waals surface area contributed by atoms with Gasteiger partial charge in [-0.2, -0.15) is 4.31 Å². The number of sulfonamides is 1. The van der Waals surface area contributed by atoms with Crippen LogP contribution < -0.4 is 0 Å². The minimum absolute atomic E-state index is 0.0985. The molecule has 1 aromatic rings. The van der Waals surface area contributed by atoms with E-state index >= 15 is 0 Å². The first-order chi connectivity index (χ1) is 10.6. The van der Waals surface area contributed by atoms with Gasteiger partial charge in [0.2, 0.25) is 10.0 Å². The van der Waals surface area contributed by atoms with Gasteiger partial charge >= 0.3 is 5.97 Å². The fourth-order valence-electron chi connectivity index (χ4n) is 2.80. The van der Waals surface area contributed by atoms with E-state index in [0.29, 0.717) is 12.0 Å². The van der Waals surface area contributed by atoms with Crippen molar-refractivity contribution in [3.63, 3.8) is 0 Å². The summed E-state index contributed by atoms with van der Waals surface area (Å²) in [5.41, 5.74) is 0.0784. The van der Waals surface area contributed by atoms with E-state index in [1.807, 2.05) is 0 Å². The quantitative estimate of drug-likeness (QED) is 0.656. The van der Waals surface area contributed by atoms with E-state index < -0.39 is 26.8 Å². The molecule has 0 aliphatic carbocycles. The van der Waals surface area contributed by atoms with Crippen LogP contribution in [-0.2, 0) is 14.8 Å². The number of nitrogens with zero attached hydrogens (tertiary/aromatic N) is 2. The van der Waals surface area contributed by atoms with Crippen LogP contribution in [0.5, 0.6) is 0 Å². The summed E-state index contributed by atoms with van der Waals surface area (Å²) in [6, 6.07) is 3.65. The molecule has 2 atom stereocenters. The Kier molecular flexibility index (Phi) is 4.71. The van der Waals surface area contributed by atoms with Gasteiger partial charge in [-0.25, -0.2) is 8.42 Å². The second kappa shape index (κ2) is 6.25. The number of piperidine rings is 1. The molecule has 8 nitrogen and oxygen atoms in total. The summed E-state index contributed by atoms with van der Waals surface area (Å²) in [6.07, 6.45) is 0.412. The summed E-state index contributed by atoms with van der Waals surface area (Å²) in [4.78, 5) is 21.3. The fourth-order valence-corrected chi connectivity index (χ4v) is 4.65. The van der Waals surface area contributed by atoms with Crippen molar-refractivity contribution in [2.45, 2.75) is 25.2 Å². The molecule has 1 aliphatic rings. The minimum Gasteiger partial charge on any atom is -0.481 e. The van der Waals surface area contributed by atoms with Crippen molar-refractivity contribution in [2.24, 2.45) is 11.8 Å². The zero-order chi connectivity index (χ0) is 17.4. The molecular formula is C14H18N2O6S. The molecule has 23 heavy (non-hydrogen) atoms. The number of aliphatic carboxylic acids is 1. The van der Waals surface area contributed by atoms with Gasteiger partial charge in [0, 0.05) is 25.2 Å². The molecule has 126 valence electrons. The van der Waals surface area contributed by atoms with Crippen molar-refractivity contribution in [3.05, 3.63) is 33.9 Å². The predicted molar refractivity (Wildman–Crippen MR) is 81.5 cm³/mol. The molecule has 1 saturated heterocycles. The summed E-state index contributed by atoms with van der Waals surface area (Å²) in [5, 5.41) is 20.1. The lowest BCUT2D eigenvalue weighted by Crippen LogP contribution is -2.45. The monoisotopic (exact) mass is 342 g/mol. The molecule has 0 radical (unpaired) electrons. The third-order valence-electron chi connectivity index (χ3n) is 3.98. The Morgan fingerprint density at radius 3 is 2.61 bits per heavy atom. The van der Waals surface area contributed by atoms with Gasteiger partial charge in [0.15, 0.2) is 0 Å². The molecule has 0 aromatic heterocycles. The highest BCUT2D eigenvalue weighted by atomic mass is 32.2. The molecule has 0 bridgehead atoms. The molecular weight excluding hydrogens is 324 g/mol. The number of carbonyl (C=O) groups is 1. The predicted octanol–water partition coefficient (Wildman–Crippen LogP) is 1.63. The Balaban J connectivity index is 2.43. The van der Waals surface area contributed by atoms with Gasteiger partial charge in [0.1, 0.15) is 0 Å². The van der Waals surface area contributed by atoms with Crippen molar-refractivity contribution in [1.82, 2.24) is 4.31 Å². The van der Waals surface area contributed by atoms with Crippen LogP contribution in [0.25, 0.3) is 0 Å². The first-order valence-electron chi connectivity index (χ1n) is 7.11. The standard InChI is InChI=1S/C14H18N2O6S/c1-9-5-11(14(17)18)8-15(7-9)23(21,22)13-6-12(16(19)20)4-3-10(13)2/h3-4,6,9,11H,5,7-8H2,1-2H3,(H,17,18). The van der Waals surface area contributed by atoms with Crippen LogP contribution in [0.4, 0.5) is 5.69 Å². The molecule has 1 aromatic carbocycles. The van der Waals surface area contributed by atoms with E-state index in [2.05, 4.69) is 0 Å². The summed E-state index contributed by atoms with van der Waals surface area (Å²) in [7, 11) is -3.98. The lowest BCUT2D eigenvalue weighted by atomic mass is 9.92. The van der Waals surface area contributed by atoms with Gasteiger partial charge in [0.25, 0.3) is 5.69 Å². The maximum Gasteiger partial charge on any atom is 0.307 e. The summed E-state index contributed by atoms with van der Waals surface area (Å²) >= 11 is 0. The molecule has 0 saturated carbocycles. The third-order valence-corrected chi connectivity index (χ3v) is 5.95. The highest BCUT2D eigenvalue weighted by molar-refractivity contribution is 7.89. The van der Waals surface area contributed by atoms with E-state index in [0.717, 1.165) is 10.4 Å². The number of aryl methyl sites for hydroxylation is 1. The number of nitro groups is 1. The molecule has 9 heteroatoms. The van der Waals surface area contributed by atoms with E-state index in [9.17, 15) is 28.4 Å². The second-order valence-corrected chi connectivity index (χ2v) is 7.81. The van der Waals surface area contributed by atoms with Gasteiger partial charge in [-0.1, -0.05) is 13.0 Å². The van der Waals surface area contributed by atoms with Crippen LogP contribution in [-0.4, -0.2) is 41.8 Å². The smallest absolute Gasteiger partial charge is 0.307 e. The van der Waals surface area contributed by atoms with Crippen molar-refractivity contribution < 1.29 is 23.2 Å². The van der Waals surface area contributed by atoms with E-state index in [1.54, 1.807) is 13.8 Å². The molecule has 1 aliphatic heterocycles. The Labute approximate surface area is 133 Å². The minimum atomic E-state index is -3.98. The van der Waals surface area contributed by atoms with E-state index in [1.165, 1.54) is 12.1 Å². The van der Waals surface area contributed by atoms with Crippen LogP contribution in [0.3, 0.4) is 0 Å². The topological polar surface area (TPSA) is 118 Å². The summed E-state index contributed by atoms with van der Waals surface area (Å²) in [5.74, 6) is -1.90. The second-order valence-electron chi connectivity index (χ2n) is 5.90. The number of rotatable bonds is 4. The average Bonchev–Trinajstić information content (AvgIpc) is 2.46. The summed E-state index contributed by atoms with van der Waals surface area (Å²) in [6.45, 7) is 3.43. The zero-order valence-electron chi connectivity index (χ0n) is 12.8. The van der Waals surface area contributed by atoms with E-state index in [-0.39, 0.29) is 29.6 Å². The molecule has 2 unspecified atom stereocenters. The SMILES string of the molecule is Cc1ccc([N+](=O)[O-])cc1S(=O)(=O)N1CC(C)CC(C(=O)O)C1. The van der Waals surface area contributed by atoms with Crippen LogP contribution in [0, 0.1) is 28.9 Å². The highest BCUT2D eigenvalue weighted by Crippen LogP contribution is 2.30. The number of benzene rings is 1. The van der Waals surface area contributed by atoms with Gasteiger partial charge in [0.05, 0.1) is 15.7 Å². The molecule has 2 rings (SSSR count). The largest absolute Gasteiger partial charge is 0.481 e. The van der Waals surface area contributed by atoms with Crippen molar-refractivity contribution in [1.29, 1.82) is 0 Å². The third kappa shape index (κ3) is 3.50. The molecule has 0 amide bonds. The molecule has 0 spiro atoms. The van der Waals surface area contributed by atoms with Gasteiger partial charge in [-0.15, -0.1) is 0 Å². The number of non-ortho nitro benzene ring substituents is 1. The normalized spacial score (nSPS) is 22.7. The Bertz CT molecular complexity index is 746. The molecule has 1 fully saturated rings. The first-order valence-corrected chi connectivity index (χ1v) is 8.55. The van der Waals surface area contributed by atoms with Gasteiger partial charge < -0.3 is 5.11 Å². The van der Waals surface area contributed by atoms with Crippen LogP contribution in [0.15, 0.2) is 23.1 Å².